The van der Waals surface area contributed by atoms with Gasteiger partial charge in [0.2, 0.25) is 0 Å². The molecular weight excluding hydrogens is 282 g/mol. The zero-order valence-electron chi connectivity index (χ0n) is 10.3. The smallest absolute Gasteiger partial charge is 0.466 e. The van der Waals surface area contributed by atoms with Crippen LogP contribution in [-0.4, -0.2) is 18.9 Å². The Balaban J connectivity index is 3.08. The predicted molar refractivity (Wildman–Crippen MR) is 58.1 cm³/mol. The fourth-order valence-corrected chi connectivity index (χ4v) is 1.43. The number of esters is 1. The summed E-state index contributed by atoms with van der Waals surface area (Å²) in [7, 11) is 0. The number of alkyl halides is 3. The summed E-state index contributed by atoms with van der Waals surface area (Å²) in [5.74, 6) is -3.27. The molecule has 1 rings (SSSR count). The highest BCUT2D eigenvalue weighted by atomic mass is 19.4. The van der Waals surface area contributed by atoms with Gasteiger partial charge in [-0.15, -0.1) is 13.2 Å². The first-order valence-electron chi connectivity index (χ1n) is 5.40. The van der Waals surface area contributed by atoms with Gasteiger partial charge in [-0.2, -0.15) is 5.26 Å². The molecule has 0 saturated heterocycles. The fraction of sp³-hybridized carbons (Fsp3) is 0.333. The van der Waals surface area contributed by atoms with Gasteiger partial charge in [0.25, 0.3) is 0 Å². The molecule has 0 bridgehead atoms. The Morgan fingerprint density at radius 2 is 2.05 bits per heavy atom. The lowest BCUT2D eigenvalue weighted by Gasteiger charge is -2.12. The standard InChI is InChI=1S/C12H9F4NO3/c1-2-19-10(18)5-7-3-8(6-17)11(9(13)4-7)20-12(14,15)16/h3-4H,2,5H2,1H3. The molecule has 0 aliphatic carbocycles. The second-order valence-corrected chi connectivity index (χ2v) is 3.60. The van der Waals surface area contributed by atoms with E-state index in [4.69, 9.17) is 5.26 Å². The van der Waals surface area contributed by atoms with E-state index < -0.39 is 29.5 Å². The Morgan fingerprint density at radius 1 is 1.40 bits per heavy atom. The zero-order valence-corrected chi connectivity index (χ0v) is 10.3. The molecule has 0 N–H and O–H groups in total. The summed E-state index contributed by atoms with van der Waals surface area (Å²) in [5.41, 5.74) is -0.631. The lowest BCUT2D eigenvalue weighted by Crippen LogP contribution is -2.19. The maximum atomic E-state index is 13.5. The molecule has 0 radical (unpaired) electrons. The van der Waals surface area contributed by atoms with Crippen molar-refractivity contribution in [3.63, 3.8) is 0 Å². The number of hydrogen-bond acceptors (Lipinski definition) is 4. The SMILES string of the molecule is CCOC(=O)Cc1cc(F)c(OC(F)(F)F)c(C#N)c1. The number of benzene rings is 1. The molecule has 0 amide bonds. The Kier molecular flexibility index (Phi) is 4.91. The van der Waals surface area contributed by atoms with E-state index in [0.717, 1.165) is 6.07 Å². The fourth-order valence-electron chi connectivity index (χ4n) is 1.43. The van der Waals surface area contributed by atoms with Crippen LogP contribution in [0.3, 0.4) is 0 Å². The highest BCUT2D eigenvalue weighted by Crippen LogP contribution is 2.30. The van der Waals surface area contributed by atoms with Crippen LogP contribution in [0.1, 0.15) is 18.1 Å². The van der Waals surface area contributed by atoms with Gasteiger partial charge in [-0.3, -0.25) is 4.79 Å². The molecule has 20 heavy (non-hydrogen) atoms. The Morgan fingerprint density at radius 3 is 2.55 bits per heavy atom. The quantitative estimate of drug-likeness (QED) is 0.632. The first kappa shape index (κ1) is 15.8. The Labute approximate surface area is 111 Å². The van der Waals surface area contributed by atoms with Crippen LogP contribution in [-0.2, 0) is 16.0 Å². The van der Waals surface area contributed by atoms with Crippen molar-refractivity contribution in [3.05, 3.63) is 29.1 Å². The second-order valence-electron chi connectivity index (χ2n) is 3.60. The van der Waals surface area contributed by atoms with Crippen LogP contribution >= 0.6 is 0 Å². The van der Waals surface area contributed by atoms with Gasteiger partial charge >= 0.3 is 12.3 Å². The average molecular weight is 291 g/mol. The minimum Gasteiger partial charge on any atom is -0.466 e. The highest BCUT2D eigenvalue weighted by molar-refractivity contribution is 5.73. The summed E-state index contributed by atoms with van der Waals surface area (Å²) in [4.78, 5) is 11.2. The van der Waals surface area contributed by atoms with Crippen LogP contribution in [0.25, 0.3) is 0 Å². The van der Waals surface area contributed by atoms with Crippen LogP contribution in [0, 0.1) is 17.1 Å². The molecule has 1 aromatic rings. The van der Waals surface area contributed by atoms with Gasteiger partial charge in [0, 0.05) is 0 Å². The van der Waals surface area contributed by atoms with Crippen molar-refractivity contribution >= 4 is 5.97 Å². The average Bonchev–Trinajstić information content (AvgIpc) is 2.31. The molecule has 108 valence electrons. The van der Waals surface area contributed by atoms with Crippen molar-refractivity contribution in [1.82, 2.24) is 0 Å². The summed E-state index contributed by atoms with van der Waals surface area (Å²) in [5, 5.41) is 8.72. The predicted octanol–water partition coefficient (Wildman–Crippen LogP) is 2.70. The van der Waals surface area contributed by atoms with E-state index in [2.05, 4.69) is 9.47 Å². The lowest BCUT2D eigenvalue weighted by atomic mass is 10.1. The Bertz CT molecular complexity index is 549. The molecule has 0 aliphatic heterocycles. The largest absolute Gasteiger partial charge is 0.573 e. The minimum atomic E-state index is -5.12. The van der Waals surface area contributed by atoms with Crippen LogP contribution in [0.2, 0.25) is 0 Å². The van der Waals surface area contributed by atoms with Gasteiger partial charge in [-0.05, 0) is 24.6 Å². The minimum absolute atomic E-state index is 0.0204. The molecule has 0 spiro atoms. The van der Waals surface area contributed by atoms with Gasteiger partial charge in [0.05, 0.1) is 18.6 Å². The van der Waals surface area contributed by atoms with Crippen molar-refractivity contribution in [3.8, 4) is 11.8 Å². The monoisotopic (exact) mass is 291 g/mol. The number of nitrogens with zero attached hydrogens (tertiary/aromatic N) is 1. The molecule has 4 nitrogen and oxygen atoms in total. The molecule has 0 atom stereocenters. The van der Waals surface area contributed by atoms with Gasteiger partial charge in [0.1, 0.15) is 6.07 Å². The number of ether oxygens (including phenoxy) is 2. The molecule has 0 unspecified atom stereocenters. The van der Waals surface area contributed by atoms with E-state index in [1.54, 1.807) is 6.92 Å². The number of carbonyl (C=O) groups is 1. The third kappa shape index (κ3) is 4.42. The lowest BCUT2D eigenvalue weighted by molar-refractivity contribution is -0.275. The Hall–Kier alpha value is -2.30. The van der Waals surface area contributed by atoms with Crippen molar-refractivity contribution in [2.24, 2.45) is 0 Å². The van der Waals surface area contributed by atoms with Crippen molar-refractivity contribution < 1.29 is 31.8 Å². The molecule has 0 heterocycles. The third-order valence-corrected chi connectivity index (χ3v) is 2.10. The maximum Gasteiger partial charge on any atom is 0.573 e. The van der Waals surface area contributed by atoms with E-state index in [1.807, 2.05) is 0 Å². The molecule has 8 heteroatoms. The maximum absolute atomic E-state index is 13.5. The number of halogens is 4. The van der Waals surface area contributed by atoms with Crippen LogP contribution in [0.15, 0.2) is 12.1 Å². The molecular formula is C12H9F4NO3. The van der Waals surface area contributed by atoms with Crippen molar-refractivity contribution in [1.29, 1.82) is 5.26 Å². The van der Waals surface area contributed by atoms with E-state index in [0.29, 0.717) is 6.07 Å². The van der Waals surface area contributed by atoms with E-state index in [1.165, 1.54) is 6.07 Å². The van der Waals surface area contributed by atoms with Crippen molar-refractivity contribution in [2.75, 3.05) is 6.61 Å². The highest BCUT2D eigenvalue weighted by Gasteiger charge is 2.34. The number of hydrogen-bond donors (Lipinski definition) is 0. The topological polar surface area (TPSA) is 59.3 Å². The van der Waals surface area contributed by atoms with Gasteiger partial charge in [0.15, 0.2) is 11.6 Å². The normalized spacial score (nSPS) is 10.8. The van der Waals surface area contributed by atoms with Crippen LogP contribution < -0.4 is 4.74 Å². The van der Waals surface area contributed by atoms with Gasteiger partial charge < -0.3 is 9.47 Å². The molecule has 0 aromatic heterocycles. The summed E-state index contributed by atoms with van der Waals surface area (Å²) < 4.78 is 57.8. The zero-order chi connectivity index (χ0) is 15.3. The summed E-state index contributed by atoms with van der Waals surface area (Å²) in [6, 6.07) is 3.03. The van der Waals surface area contributed by atoms with E-state index in [9.17, 15) is 22.4 Å². The molecule has 0 fully saturated rings. The number of rotatable bonds is 4. The summed E-state index contributed by atoms with van der Waals surface area (Å²) in [6.07, 6.45) is -5.47. The first-order valence-corrected chi connectivity index (χ1v) is 5.40. The molecule has 1 aromatic carbocycles. The molecule has 0 aliphatic rings. The third-order valence-electron chi connectivity index (χ3n) is 2.10. The summed E-state index contributed by atoms with van der Waals surface area (Å²) >= 11 is 0. The number of carbonyl (C=O) groups excluding carboxylic acids is 1. The van der Waals surface area contributed by atoms with Crippen LogP contribution in [0.4, 0.5) is 17.6 Å². The van der Waals surface area contributed by atoms with Gasteiger partial charge in [-0.25, -0.2) is 4.39 Å². The number of nitriles is 1. The van der Waals surface area contributed by atoms with Crippen LogP contribution in [0.5, 0.6) is 5.75 Å². The first-order chi connectivity index (χ1) is 9.26. The molecule has 0 saturated carbocycles. The van der Waals surface area contributed by atoms with E-state index in [-0.39, 0.29) is 18.6 Å². The van der Waals surface area contributed by atoms with Crippen molar-refractivity contribution in [2.45, 2.75) is 19.7 Å². The van der Waals surface area contributed by atoms with Gasteiger partial charge in [-0.1, -0.05) is 0 Å². The second kappa shape index (κ2) is 6.23. The summed E-state index contributed by atoms with van der Waals surface area (Å²) in [6.45, 7) is 1.68. The van der Waals surface area contributed by atoms with E-state index >= 15 is 0 Å².